The summed E-state index contributed by atoms with van der Waals surface area (Å²) in [6.07, 6.45) is 2.14. The monoisotopic (exact) mass is 1090 g/mol. The van der Waals surface area contributed by atoms with Crippen LogP contribution in [0.5, 0.6) is 5.75 Å². The van der Waals surface area contributed by atoms with Crippen molar-refractivity contribution in [2.24, 2.45) is 18.2 Å². The van der Waals surface area contributed by atoms with Gasteiger partial charge in [0.15, 0.2) is 11.4 Å². The van der Waals surface area contributed by atoms with Gasteiger partial charge < -0.3 is 65.8 Å². The lowest BCUT2D eigenvalue weighted by molar-refractivity contribution is -0.144. The van der Waals surface area contributed by atoms with Crippen molar-refractivity contribution in [3.8, 4) is 27.6 Å². The molecular weight excluding hydrogens is 1020 g/mol. The lowest BCUT2D eigenvalue weighted by atomic mass is 9.85. The number of thiazole rings is 1. The van der Waals surface area contributed by atoms with Crippen molar-refractivity contribution in [2.75, 3.05) is 103 Å². The maximum atomic E-state index is 14.0. The van der Waals surface area contributed by atoms with Crippen LogP contribution in [0.3, 0.4) is 0 Å². The number of aliphatic hydroxyl groups is 1. The highest BCUT2D eigenvalue weighted by Crippen LogP contribution is 2.38. The van der Waals surface area contributed by atoms with Crippen LogP contribution >= 0.6 is 11.3 Å². The number of aromatic nitrogens is 5. The Morgan fingerprint density at radius 1 is 0.923 bits per heavy atom. The highest BCUT2D eigenvalue weighted by Gasteiger charge is 2.44. The van der Waals surface area contributed by atoms with E-state index in [1.54, 1.807) is 34.8 Å². The van der Waals surface area contributed by atoms with Gasteiger partial charge in [0, 0.05) is 76.7 Å². The molecular formula is C54H71N13O10S. The fourth-order valence-electron chi connectivity index (χ4n) is 9.80. The number of hydrogen-bond acceptors (Lipinski definition) is 18. The van der Waals surface area contributed by atoms with E-state index < -0.39 is 41.3 Å². The Morgan fingerprint density at radius 2 is 1.64 bits per heavy atom. The molecule has 1 aliphatic carbocycles. The summed E-state index contributed by atoms with van der Waals surface area (Å²) in [6, 6.07) is 9.67. The third-order valence-electron chi connectivity index (χ3n) is 14.0. The number of aryl methyl sites for hydroxylation is 3. The predicted molar refractivity (Wildman–Crippen MR) is 293 cm³/mol. The van der Waals surface area contributed by atoms with E-state index in [0.29, 0.717) is 41.2 Å². The number of methoxy groups -OCH3 is 1. The summed E-state index contributed by atoms with van der Waals surface area (Å²) in [7, 11) is 5.32. The molecule has 5 heterocycles. The number of hydrogen-bond donors (Lipinski definition) is 6. The van der Waals surface area contributed by atoms with Crippen LogP contribution in [0.2, 0.25) is 0 Å². The number of piperazine rings is 1. The number of β-amino-alcohol motifs (C(OH)–C–C–N with tert-alkyl or cyclic N) is 1. The van der Waals surface area contributed by atoms with Crippen LogP contribution in [0.1, 0.15) is 70.4 Å². The molecule has 0 radical (unpaired) electrons. The van der Waals surface area contributed by atoms with E-state index in [4.69, 9.17) is 29.7 Å². The number of ether oxygens (including phenoxy) is 4. The molecule has 5 aromatic rings. The van der Waals surface area contributed by atoms with Crippen LogP contribution in [-0.2, 0) is 55.0 Å². The summed E-state index contributed by atoms with van der Waals surface area (Å²) in [4.78, 5) is 87.4. The molecule has 2 aromatic carbocycles. The van der Waals surface area contributed by atoms with Gasteiger partial charge in [0.05, 0.1) is 85.0 Å². The molecule has 7 N–H and O–H groups in total. The summed E-state index contributed by atoms with van der Waals surface area (Å²) in [5.41, 5.74) is 14.4. The number of amides is 5. The summed E-state index contributed by atoms with van der Waals surface area (Å²) in [5, 5.41) is 26.9. The molecule has 2 aliphatic heterocycles. The molecule has 3 aliphatic rings. The van der Waals surface area contributed by atoms with Gasteiger partial charge >= 0.3 is 0 Å². The van der Waals surface area contributed by atoms with Crippen molar-refractivity contribution < 1.29 is 48.0 Å². The second-order valence-corrected chi connectivity index (χ2v) is 21.6. The number of likely N-dealkylation sites (N-methyl/N-ethyl adjacent to an activating group) is 1. The topological polar surface area (TPSA) is 283 Å². The number of nitrogens with zero attached hydrogens (tertiary/aromatic N) is 8. The van der Waals surface area contributed by atoms with Gasteiger partial charge in [-0.2, -0.15) is 5.10 Å². The maximum Gasteiger partial charge on any atom is 0.269 e. The Kier molecular flexibility index (Phi) is 18.7. The van der Waals surface area contributed by atoms with Crippen LogP contribution in [0.15, 0.2) is 48.1 Å². The third kappa shape index (κ3) is 13.8. The number of anilines is 3. The molecule has 0 unspecified atom stereocenters. The quantitative estimate of drug-likeness (QED) is 0.0513. The number of benzene rings is 2. The van der Waals surface area contributed by atoms with Gasteiger partial charge in [-0.1, -0.05) is 45.0 Å². The smallest absolute Gasteiger partial charge is 0.269 e. The third-order valence-corrected chi connectivity index (χ3v) is 14.9. The highest BCUT2D eigenvalue weighted by atomic mass is 32.1. The fraction of sp³-hybridized carbons (Fsp3) is 0.500. The molecule has 2 saturated heterocycles. The number of primary amides is 1. The minimum Gasteiger partial charge on any atom is -0.494 e. The molecule has 0 bridgehead atoms. The predicted octanol–water partition coefficient (Wildman–Crippen LogP) is 2.60. The first-order valence-electron chi connectivity index (χ1n) is 26.1. The summed E-state index contributed by atoms with van der Waals surface area (Å²) < 4.78 is 24.5. The second kappa shape index (κ2) is 25.6. The molecule has 3 atom stereocenters. The van der Waals surface area contributed by atoms with Crippen molar-refractivity contribution in [3.05, 3.63) is 81.7 Å². The van der Waals surface area contributed by atoms with E-state index in [0.717, 1.165) is 64.7 Å². The molecule has 5 amide bonds. The Morgan fingerprint density at radius 3 is 2.32 bits per heavy atom. The number of likely N-dealkylation sites (tertiary alicyclic amines) is 1. The second-order valence-electron chi connectivity index (χ2n) is 20.7. The van der Waals surface area contributed by atoms with Crippen LogP contribution in [-0.4, -0.2) is 180 Å². The largest absolute Gasteiger partial charge is 0.494 e. The number of fused-ring (bicyclic) bond motifs is 3. The van der Waals surface area contributed by atoms with Crippen molar-refractivity contribution in [1.82, 2.24) is 50.5 Å². The SMILES string of the molecule is COc1c(Nc2ncc3c(n2)-c2c(c(C(N)=O)nn2C)CC3)cc(N2CCN(C)CC2)cc1C(=O)NCCOCCOCCOCC(=O)N[C@H](C(=O)N1C[C@H](O)C[C@H]1C(=O)NCc1ccc(-c2scnc2C)cc1)C(C)(C)C. The Labute approximate surface area is 457 Å². The minimum absolute atomic E-state index is 0.0395. The van der Waals surface area contributed by atoms with Crippen molar-refractivity contribution in [2.45, 2.75) is 71.7 Å². The first-order valence-corrected chi connectivity index (χ1v) is 27.0. The zero-order valence-corrected chi connectivity index (χ0v) is 46.2. The van der Waals surface area contributed by atoms with Gasteiger partial charge in [0.25, 0.3) is 11.8 Å². The number of nitrogens with two attached hydrogens (primary N) is 1. The molecule has 2 fully saturated rings. The van der Waals surface area contributed by atoms with E-state index >= 15 is 0 Å². The summed E-state index contributed by atoms with van der Waals surface area (Å²) in [5.74, 6) is -1.77. The number of carbonyl (C=O) groups excluding carboxylic acids is 5. The van der Waals surface area contributed by atoms with Gasteiger partial charge in [-0.3, -0.25) is 28.7 Å². The Hall–Kier alpha value is -7.09. The number of carbonyl (C=O) groups is 5. The van der Waals surface area contributed by atoms with E-state index in [1.807, 2.05) is 64.1 Å². The normalized spacial score (nSPS) is 16.8. The standard InChI is InChI=1S/C54H71N13O10S/c1-32-47(78-31-59-32)34-10-8-33(9-11-34)27-57-51(72)41-26-37(68)29-67(41)52(73)48(54(2,3)4)61-42(69)30-77-23-22-76-21-20-75-19-14-56-50(71)39-24-36(66-17-15-64(5)16-18-66)25-40(46(39)74-7)60-53-58-28-35-12-13-38-44(49(55)70)63-65(6)45(38)43(35)62-53/h8-11,24-25,28,31,37,41,48,68H,12-23,26-27,29-30H2,1-7H3,(H2,55,70)(H,56,71)(H,57,72)(H,61,69)(H,58,60,62)/t37-,41+,48-/m1/s1. The average molecular weight is 1090 g/mol. The lowest BCUT2D eigenvalue weighted by Gasteiger charge is -2.35. The molecule has 0 saturated carbocycles. The number of aliphatic hydroxyl groups excluding tert-OH is 1. The van der Waals surface area contributed by atoms with Crippen LogP contribution in [0.25, 0.3) is 21.8 Å². The summed E-state index contributed by atoms with van der Waals surface area (Å²) in [6.45, 7) is 11.6. The molecule has 24 heteroatoms. The zero-order chi connectivity index (χ0) is 55.7. The molecule has 23 nitrogen and oxygen atoms in total. The zero-order valence-electron chi connectivity index (χ0n) is 45.3. The maximum absolute atomic E-state index is 14.0. The van der Waals surface area contributed by atoms with Gasteiger partial charge in [0.1, 0.15) is 18.7 Å². The van der Waals surface area contributed by atoms with E-state index in [2.05, 4.69) is 53.2 Å². The minimum atomic E-state index is -1.00. The number of rotatable bonds is 23. The molecule has 0 spiro atoms. The van der Waals surface area contributed by atoms with Gasteiger partial charge in [0.2, 0.25) is 23.7 Å². The first-order chi connectivity index (χ1) is 37.4. The van der Waals surface area contributed by atoms with Gasteiger partial charge in [-0.05, 0) is 61.1 Å². The van der Waals surface area contributed by atoms with E-state index in [-0.39, 0.29) is 89.2 Å². The molecule has 78 heavy (non-hydrogen) atoms. The fourth-order valence-corrected chi connectivity index (χ4v) is 10.6. The van der Waals surface area contributed by atoms with Crippen LogP contribution in [0.4, 0.5) is 17.3 Å². The highest BCUT2D eigenvalue weighted by molar-refractivity contribution is 7.13. The van der Waals surface area contributed by atoms with Crippen molar-refractivity contribution in [3.63, 3.8) is 0 Å². The van der Waals surface area contributed by atoms with Crippen molar-refractivity contribution >= 4 is 58.2 Å². The average Bonchev–Trinajstić information content (AvgIpc) is 4.24. The van der Waals surface area contributed by atoms with E-state index in [9.17, 15) is 29.1 Å². The Bertz CT molecular complexity index is 2950. The summed E-state index contributed by atoms with van der Waals surface area (Å²) >= 11 is 1.56. The Balaban J connectivity index is 0.768. The number of nitrogens with one attached hydrogen (secondary N) is 4. The molecule has 8 rings (SSSR count). The van der Waals surface area contributed by atoms with E-state index in [1.165, 1.54) is 12.0 Å². The van der Waals surface area contributed by atoms with Crippen molar-refractivity contribution in [1.29, 1.82) is 0 Å². The van der Waals surface area contributed by atoms with Crippen LogP contribution in [0, 0.1) is 12.3 Å². The lowest BCUT2D eigenvalue weighted by Crippen LogP contribution is -2.58. The molecule has 3 aromatic heterocycles. The first kappa shape index (κ1) is 57.1. The van der Waals surface area contributed by atoms with Gasteiger partial charge in [-0.25, -0.2) is 15.0 Å². The molecule has 418 valence electrons. The van der Waals surface area contributed by atoms with Crippen LogP contribution < -0.4 is 36.6 Å². The van der Waals surface area contributed by atoms with Gasteiger partial charge in [-0.15, -0.1) is 11.3 Å².